The first-order valence-corrected chi connectivity index (χ1v) is 8.75. The van der Waals surface area contributed by atoms with Crippen molar-refractivity contribution in [3.63, 3.8) is 0 Å². The Morgan fingerprint density at radius 3 is 2.52 bits per heavy atom. The van der Waals surface area contributed by atoms with Crippen molar-refractivity contribution in [1.82, 2.24) is 15.2 Å². The van der Waals surface area contributed by atoms with Crippen LogP contribution in [0.2, 0.25) is 0 Å². The molecule has 0 N–H and O–H groups in total. The van der Waals surface area contributed by atoms with Gasteiger partial charge in [-0.25, -0.2) is 0 Å². The summed E-state index contributed by atoms with van der Waals surface area (Å²) in [5.74, 6) is 0. The molecule has 122 valence electrons. The van der Waals surface area contributed by atoms with E-state index in [0.29, 0.717) is 0 Å². The van der Waals surface area contributed by atoms with Crippen LogP contribution in [0.5, 0.6) is 0 Å². The monoisotopic (exact) mass is 326 g/mol. The number of anilines is 1. The molecule has 25 heavy (non-hydrogen) atoms. The fraction of sp³-hybridized carbons (Fsp3) is 0.190. The molecular formula is C21H18N4. The summed E-state index contributed by atoms with van der Waals surface area (Å²) in [6.07, 6.45) is 6.29. The van der Waals surface area contributed by atoms with E-state index in [-0.39, 0.29) is 0 Å². The summed E-state index contributed by atoms with van der Waals surface area (Å²) in [5, 5.41) is 12.4. The normalized spacial score (nSPS) is 14.5. The molecule has 1 aliphatic heterocycles. The average molecular weight is 326 g/mol. The summed E-state index contributed by atoms with van der Waals surface area (Å²) in [6.45, 7) is 2.24. The molecule has 0 atom stereocenters. The molecule has 1 saturated heterocycles. The SMILES string of the molecule is c1ccc(-c2cc3cc(N4CCCC4)c4ccncc4c3nn2)cc1. The van der Waals surface area contributed by atoms with Crippen LogP contribution in [-0.2, 0) is 0 Å². The molecule has 0 bridgehead atoms. The van der Waals surface area contributed by atoms with Gasteiger partial charge in [-0.05, 0) is 31.0 Å². The van der Waals surface area contributed by atoms with Gasteiger partial charge in [0.05, 0.1) is 5.69 Å². The van der Waals surface area contributed by atoms with Crippen molar-refractivity contribution in [2.75, 3.05) is 18.0 Å². The predicted molar refractivity (Wildman–Crippen MR) is 102 cm³/mol. The third-order valence-electron chi connectivity index (χ3n) is 4.98. The molecule has 5 rings (SSSR count). The molecule has 0 saturated carbocycles. The van der Waals surface area contributed by atoms with Gasteiger partial charge in [0.15, 0.2) is 0 Å². The van der Waals surface area contributed by atoms with E-state index in [4.69, 9.17) is 0 Å². The van der Waals surface area contributed by atoms with Gasteiger partial charge in [0, 0.05) is 52.9 Å². The van der Waals surface area contributed by atoms with Gasteiger partial charge in [0.25, 0.3) is 0 Å². The highest BCUT2D eigenvalue weighted by Crippen LogP contribution is 2.35. The standard InChI is InChI=1S/C21H18N4/c1-2-6-15(7-3-1)19-12-16-13-20(25-10-4-5-11-25)17-8-9-22-14-18(17)21(16)24-23-19/h1-3,6-9,12-14H,4-5,10-11H2. The Bertz CT molecular complexity index is 1050. The minimum absolute atomic E-state index is 0.906. The molecule has 0 radical (unpaired) electrons. The van der Waals surface area contributed by atoms with E-state index in [1.807, 2.05) is 30.6 Å². The minimum atomic E-state index is 0.906. The molecular weight excluding hydrogens is 308 g/mol. The molecule has 4 aromatic rings. The van der Waals surface area contributed by atoms with Gasteiger partial charge >= 0.3 is 0 Å². The lowest BCUT2D eigenvalue weighted by Gasteiger charge is -2.20. The number of benzene rings is 2. The second-order valence-corrected chi connectivity index (χ2v) is 6.54. The Morgan fingerprint density at radius 1 is 0.840 bits per heavy atom. The second-order valence-electron chi connectivity index (χ2n) is 6.54. The van der Waals surface area contributed by atoms with Gasteiger partial charge < -0.3 is 4.90 Å². The van der Waals surface area contributed by atoms with Gasteiger partial charge in [-0.3, -0.25) is 4.98 Å². The van der Waals surface area contributed by atoms with Crippen molar-refractivity contribution in [3.05, 3.63) is 60.9 Å². The van der Waals surface area contributed by atoms with Crippen LogP contribution in [0, 0.1) is 0 Å². The van der Waals surface area contributed by atoms with Crippen LogP contribution in [-0.4, -0.2) is 28.3 Å². The summed E-state index contributed by atoms with van der Waals surface area (Å²) in [5.41, 5.74) is 4.20. The molecule has 4 nitrogen and oxygen atoms in total. The molecule has 4 heteroatoms. The summed E-state index contributed by atoms with van der Waals surface area (Å²) >= 11 is 0. The summed E-state index contributed by atoms with van der Waals surface area (Å²) < 4.78 is 0. The molecule has 0 amide bonds. The average Bonchev–Trinajstić information content (AvgIpc) is 3.22. The van der Waals surface area contributed by atoms with E-state index < -0.39 is 0 Å². The molecule has 2 aromatic carbocycles. The van der Waals surface area contributed by atoms with Crippen molar-refractivity contribution in [1.29, 1.82) is 0 Å². The number of hydrogen-bond acceptors (Lipinski definition) is 4. The second kappa shape index (κ2) is 5.81. The maximum atomic E-state index is 4.54. The third-order valence-corrected chi connectivity index (χ3v) is 4.98. The highest BCUT2D eigenvalue weighted by Gasteiger charge is 2.17. The van der Waals surface area contributed by atoms with E-state index in [9.17, 15) is 0 Å². The highest BCUT2D eigenvalue weighted by atomic mass is 15.1. The van der Waals surface area contributed by atoms with Crippen LogP contribution < -0.4 is 4.90 Å². The number of pyridine rings is 1. The maximum absolute atomic E-state index is 4.54. The van der Waals surface area contributed by atoms with Crippen molar-refractivity contribution >= 4 is 27.4 Å². The Hall–Kier alpha value is -3.01. The fourth-order valence-corrected chi connectivity index (χ4v) is 3.73. The lowest BCUT2D eigenvalue weighted by Crippen LogP contribution is -2.18. The van der Waals surface area contributed by atoms with E-state index in [0.717, 1.165) is 40.6 Å². The first-order valence-electron chi connectivity index (χ1n) is 8.75. The molecule has 0 aliphatic carbocycles. The number of nitrogens with zero attached hydrogens (tertiary/aromatic N) is 4. The lowest BCUT2D eigenvalue weighted by atomic mass is 10.0. The number of hydrogen-bond donors (Lipinski definition) is 0. The highest BCUT2D eigenvalue weighted by molar-refractivity contribution is 6.11. The Balaban J connectivity index is 1.77. The van der Waals surface area contributed by atoms with Crippen LogP contribution >= 0.6 is 0 Å². The first kappa shape index (κ1) is 14.3. The first-order chi connectivity index (χ1) is 12.4. The van der Waals surface area contributed by atoms with Gasteiger partial charge in [-0.1, -0.05) is 30.3 Å². The molecule has 0 unspecified atom stereocenters. The zero-order valence-corrected chi connectivity index (χ0v) is 13.9. The number of fused-ring (bicyclic) bond motifs is 3. The quantitative estimate of drug-likeness (QED) is 0.511. The third kappa shape index (κ3) is 2.41. The summed E-state index contributed by atoms with van der Waals surface area (Å²) in [7, 11) is 0. The van der Waals surface area contributed by atoms with E-state index >= 15 is 0 Å². The minimum Gasteiger partial charge on any atom is -0.371 e. The van der Waals surface area contributed by atoms with Gasteiger partial charge in [-0.2, -0.15) is 0 Å². The van der Waals surface area contributed by atoms with Gasteiger partial charge in [0.1, 0.15) is 5.52 Å². The van der Waals surface area contributed by atoms with Gasteiger partial charge in [-0.15, -0.1) is 10.2 Å². The van der Waals surface area contributed by atoms with Crippen LogP contribution in [0.4, 0.5) is 5.69 Å². The zero-order valence-electron chi connectivity index (χ0n) is 13.9. The maximum Gasteiger partial charge on any atom is 0.102 e. The smallest absolute Gasteiger partial charge is 0.102 e. The van der Waals surface area contributed by atoms with Crippen LogP contribution in [0.1, 0.15) is 12.8 Å². The molecule has 2 aromatic heterocycles. The Kier molecular flexibility index (Phi) is 3.33. The summed E-state index contributed by atoms with van der Waals surface area (Å²) in [6, 6.07) is 16.7. The molecule has 0 spiro atoms. The van der Waals surface area contributed by atoms with Crippen LogP contribution in [0.3, 0.4) is 0 Å². The van der Waals surface area contributed by atoms with Crippen molar-refractivity contribution in [3.8, 4) is 11.3 Å². The lowest BCUT2D eigenvalue weighted by molar-refractivity contribution is 0.949. The number of aromatic nitrogens is 3. The molecule has 1 fully saturated rings. The van der Waals surface area contributed by atoms with Crippen LogP contribution in [0.15, 0.2) is 60.9 Å². The fourth-order valence-electron chi connectivity index (χ4n) is 3.73. The number of rotatable bonds is 2. The van der Waals surface area contributed by atoms with Crippen molar-refractivity contribution < 1.29 is 0 Å². The van der Waals surface area contributed by atoms with Gasteiger partial charge in [0.2, 0.25) is 0 Å². The van der Waals surface area contributed by atoms with Crippen molar-refractivity contribution in [2.45, 2.75) is 12.8 Å². The van der Waals surface area contributed by atoms with E-state index in [2.05, 4.69) is 50.4 Å². The summed E-state index contributed by atoms with van der Waals surface area (Å²) in [4.78, 5) is 6.80. The largest absolute Gasteiger partial charge is 0.371 e. The van der Waals surface area contributed by atoms with Crippen molar-refractivity contribution in [2.24, 2.45) is 0 Å². The molecule has 3 heterocycles. The predicted octanol–water partition coefficient (Wildman–Crippen LogP) is 4.45. The Labute approximate surface area is 146 Å². The van der Waals surface area contributed by atoms with E-state index in [1.54, 1.807) is 0 Å². The van der Waals surface area contributed by atoms with Crippen LogP contribution in [0.25, 0.3) is 32.9 Å². The van der Waals surface area contributed by atoms with E-state index in [1.165, 1.54) is 23.9 Å². The molecule has 1 aliphatic rings. The topological polar surface area (TPSA) is 41.9 Å². The zero-order chi connectivity index (χ0) is 16.6. The Morgan fingerprint density at radius 2 is 1.68 bits per heavy atom.